The average molecular weight is 653 g/mol. The maximum absolute atomic E-state index is 13.5. The SMILES string of the molecule is CC(C)OC(=O)C(NCC(=O)O)C(=O)C1CCN(C(=O)c2cc(C(F)(F)F)cc(C(F)(F)F)c2)C(Cc2ccccc2)C1.Cl. The molecule has 1 fully saturated rings. The van der Waals surface area contributed by atoms with Crippen molar-refractivity contribution >= 4 is 36.0 Å². The number of carboxylic acids is 1. The van der Waals surface area contributed by atoms with Gasteiger partial charge in [-0.1, -0.05) is 30.3 Å². The van der Waals surface area contributed by atoms with E-state index >= 15 is 0 Å². The molecule has 2 aromatic carbocycles. The molecule has 1 aliphatic heterocycles. The number of alkyl halides is 6. The number of hydrogen-bond donors (Lipinski definition) is 2. The van der Waals surface area contributed by atoms with Gasteiger partial charge in [-0.2, -0.15) is 26.3 Å². The number of ketones is 1. The van der Waals surface area contributed by atoms with Crippen LogP contribution in [0.15, 0.2) is 48.5 Å². The van der Waals surface area contributed by atoms with Crippen molar-refractivity contribution in [3.8, 4) is 0 Å². The summed E-state index contributed by atoms with van der Waals surface area (Å²) in [6.45, 7) is 2.11. The lowest BCUT2D eigenvalue weighted by Gasteiger charge is -2.40. The normalized spacial score (nSPS) is 17.9. The van der Waals surface area contributed by atoms with Crippen molar-refractivity contribution in [3.63, 3.8) is 0 Å². The van der Waals surface area contributed by atoms with Gasteiger partial charge in [0.25, 0.3) is 5.91 Å². The molecule has 3 atom stereocenters. The molecule has 0 saturated carbocycles. The van der Waals surface area contributed by atoms with Gasteiger partial charge in [0, 0.05) is 24.1 Å². The number of piperidine rings is 1. The first-order valence-corrected chi connectivity index (χ1v) is 13.3. The molecule has 1 amide bonds. The van der Waals surface area contributed by atoms with Gasteiger partial charge in [-0.3, -0.25) is 19.7 Å². The Morgan fingerprint density at radius 2 is 1.55 bits per heavy atom. The molecule has 1 aliphatic rings. The number of Topliss-reactive ketones (excluding diaryl/α,β-unsaturated/α-hetero) is 1. The number of hydrogen-bond acceptors (Lipinski definition) is 6. The zero-order valence-electron chi connectivity index (χ0n) is 23.6. The summed E-state index contributed by atoms with van der Waals surface area (Å²) in [6.07, 6.45) is -11.0. The lowest BCUT2D eigenvalue weighted by Crippen LogP contribution is -2.54. The molecule has 1 saturated heterocycles. The summed E-state index contributed by atoms with van der Waals surface area (Å²) in [4.78, 5) is 51.9. The molecule has 8 nitrogen and oxygen atoms in total. The molecule has 15 heteroatoms. The molecule has 0 radical (unpaired) electrons. The van der Waals surface area contributed by atoms with E-state index in [0.29, 0.717) is 17.7 Å². The van der Waals surface area contributed by atoms with E-state index in [1.807, 2.05) is 0 Å². The summed E-state index contributed by atoms with van der Waals surface area (Å²) < 4.78 is 85.9. The molecule has 0 aromatic heterocycles. The zero-order valence-corrected chi connectivity index (χ0v) is 24.4. The number of benzene rings is 2. The third-order valence-corrected chi connectivity index (χ3v) is 6.86. The first-order valence-electron chi connectivity index (χ1n) is 13.3. The third kappa shape index (κ3) is 9.68. The lowest BCUT2D eigenvalue weighted by atomic mass is 9.82. The fourth-order valence-electron chi connectivity index (χ4n) is 4.93. The van der Waals surface area contributed by atoms with Gasteiger partial charge < -0.3 is 14.7 Å². The number of halogens is 7. The Morgan fingerprint density at radius 3 is 2.05 bits per heavy atom. The molecule has 0 aliphatic carbocycles. The van der Waals surface area contributed by atoms with Crippen LogP contribution in [-0.4, -0.2) is 64.9 Å². The number of rotatable bonds is 10. The van der Waals surface area contributed by atoms with E-state index in [9.17, 15) is 45.5 Å². The molecular weight excluding hydrogens is 622 g/mol. The quantitative estimate of drug-likeness (QED) is 0.207. The van der Waals surface area contributed by atoms with Crippen LogP contribution in [0.4, 0.5) is 26.3 Å². The van der Waals surface area contributed by atoms with Crippen LogP contribution in [0.5, 0.6) is 0 Å². The van der Waals surface area contributed by atoms with Crippen molar-refractivity contribution in [1.29, 1.82) is 0 Å². The van der Waals surface area contributed by atoms with Gasteiger partial charge >= 0.3 is 24.3 Å². The van der Waals surface area contributed by atoms with Crippen LogP contribution in [0.1, 0.15) is 53.7 Å². The third-order valence-electron chi connectivity index (χ3n) is 6.86. The topological polar surface area (TPSA) is 113 Å². The van der Waals surface area contributed by atoms with E-state index in [4.69, 9.17) is 9.84 Å². The van der Waals surface area contributed by atoms with E-state index in [2.05, 4.69) is 5.32 Å². The van der Waals surface area contributed by atoms with Crippen LogP contribution in [0.25, 0.3) is 0 Å². The maximum atomic E-state index is 13.5. The van der Waals surface area contributed by atoms with Crippen LogP contribution >= 0.6 is 12.4 Å². The first-order chi connectivity index (χ1) is 20.0. The summed E-state index contributed by atoms with van der Waals surface area (Å²) in [7, 11) is 0. The van der Waals surface area contributed by atoms with Gasteiger partial charge in [-0.05, 0) is 56.9 Å². The van der Waals surface area contributed by atoms with E-state index in [0.717, 1.165) is 4.90 Å². The minimum absolute atomic E-state index is 0. The Bertz CT molecular complexity index is 1300. The van der Waals surface area contributed by atoms with Crippen LogP contribution in [0.3, 0.4) is 0 Å². The number of nitrogens with zero attached hydrogens (tertiary/aromatic N) is 1. The van der Waals surface area contributed by atoms with Crippen molar-refractivity contribution in [1.82, 2.24) is 10.2 Å². The summed E-state index contributed by atoms with van der Waals surface area (Å²) in [5.74, 6) is -5.02. The molecule has 3 rings (SSSR count). The second kappa shape index (κ2) is 14.9. The lowest BCUT2D eigenvalue weighted by molar-refractivity contribution is -0.154. The highest BCUT2D eigenvalue weighted by Gasteiger charge is 2.42. The summed E-state index contributed by atoms with van der Waals surface area (Å²) >= 11 is 0. The highest BCUT2D eigenvalue weighted by molar-refractivity contribution is 6.04. The highest BCUT2D eigenvalue weighted by Crippen LogP contribution is 2.37. The zero-order chi connectivity index (χ0) is 32.1. The van der Waals surface area contributed by atoms with Gasteiger partial charge in [0.15, 0.2) is 11.8 Å². The maximum Gasteiger partial charge on any atom is 0.416 e. The van der Waals surface area contributed by atoms with Gasteiger partial charge in [0.05, 0.1) is 23.8 Å². The van der Waals surface area contributed by atoms with Crippen LogP contribution < -0.4 is 5.32 Å². The Morgan fingerprint density at radius 1 is 0.977 bits per heavy atom. The van der Waals surface area contributed by atoms with Gasteiger partial charge in [0.2, 0.25) is 0 Å². The number of esters is 1. The molecule has 3 unspecified atom stereocenters. The minimum atomic E-state index is -5.15. The highest BCUT2D eigenvalue weighted by atomic mass is 35.5. The summed E-state index contributed by atoms with van der Waals surface area (Å²) in [6, 6.07) is 6.69. The first kappa shape index (κ1) is 36.5. The van der Waals surface area contributed by atoms with Crippen molar-refractivity contribution in [3.05, 3.63) is 70.8 Å². The summed E-state index contributed by atoms with van der Waals surface area (Å²) in [5.41, 5.74) is -3.40. The molecule has 2 N–H and O–H groups in total. The Kier molecular flexibility index (Phi) is 12.4. The van der Waals surface area contributed by atoms with Gasteiger partial charge in [-0.15, -0.1) is 12.4 Å². The second-order valence-electron chi connectivity index (χ2n) is 10.5. The van der Waals surface area contributed by atoms with E-state index in [1.165, 1.54) is 13.8 Å². The van der Waals surface area contributed by atoms with Gasteiger partial charge in [0.1, 0.15) is 0 Å². The standard InChI is InChI=1S/C29H30F6N2O6.ClH/c1-16(2)43-27(42)24(36-15-23(38)39)25(40)18-8-9-37(22(13-18)10-17-6-4-3-5-7-17)26(41)19-11-20(28(30,31)32)14-21(12-19)29(33,34)35;/h3-7,11-12,14,16,18,22,24,36H,8-10,13,15H2,1-2H3,(H,38,39);1H. The minimum Gasteiger partial charge on any atom is -0.480 e. The van der Waals surface area contributed by atoms with E-state index < -0.39 is 83.3 Å². The second-order valence-corrected chi connectivity index (χ2v) is 10.5. The number of carbonyl (C=O) groups excluding carboxylic acids is 3. The number of aliphatic carboxylic acids is 1. The van der Waals surface area contributed by atoms with Crippen LogP contribution in [-0.2, 0) is 37.9 Å². The van der Waals surface area contributed by atoms with Crippen molar-refractivity contribution < 1.29 is 55.4 Å². The van der Waals surface area contributed by atoms with Crippen molar-refractivity contribution in [2.45, 2.75) is 63.7 Å². The number of nitrogens with one attached hydrogen (secondary N) is 1. The van der Waals surface area contributed by atoms with Crippen molar-refractivity contribution in [2.75, 3.05) is 13.1 Å². The predicted octanol–water partition coefficient (Wildman–Crippen LogP) is 5.17. The predicted molar refractivity (Wildman–Crippen MR) is 147 cm³/mol. The Labute approximate surface area is 255 Å². The fourth-order valence-corrected chi connectivity index (χ4v) is 4.93. The van der Waals surface area contributed by atoms with Crippen LogP contribution in [0.2, 0.25) is 0 Å². The summed E-state index contributed by atoms with van der Waals surface area (Å²) in [5, 5.41) is 11.4. The average Bonchev–Trinajstić information content (AvgIpc) is 2.91. The molecule has 0 spiro atoms. The van der Waals surface area contributed by atoms with Crippen LogP contribution in [0, 0.1) is 5.92 Å². The number of amides is 1. The smallest absolute Gasteiger partial charge is 0.416 e. The van der Waals surface area contributed by atoms with Crippen molar-refractivity contribution in [2.24, 2.45) is 5.92 Å². The fraction of sp³-hybridized carbons (Fsp3) is 0.448. The van der Waals surface area contributed by atoms with E-state index in [-0.39, 0.29) is 44.3 Å². The molecule has 44 heavy (non-hydrogen) atoms. The van der Waals surface area contributed by atoms with Gasteiger partial charge in [-0.25, -0.2) is 4.79 Å². The molecule has 0 bridgehead atoms. The molecular formula is C29H31ClF6N2O6. The number of carboxylic acid groups (broad SMARTS) is 1. The number of carbonyl (C=O) groups is 4. The molecule has 2 aromatic rings. The molecule has 1 heterocycles. The number of ether oxygens (including phenoxy) is 1. The molecule has 242 valence electrons. The Balaban J connectivity index is 0.00000675. The van der Waals surface area contributed by atoms with E-state index in [1.54, 1.807) is 30.3 Å². The Hall–Kier alpha value is -3.65. The largest absolute Gasteiger partial charge is 0.480 e. The number of likely N-dealkylation sites (tertiary alicyclic amines) is 1. The monoisotopic (exact) mass is 652 g/mol.